The van der Waals surface area contributed by atoms with Crippen molar-refractivity contribution in [3.05, 3.63) is 74.5 Å². The molecule has 0 bridgehead atoms. The number of rotatable bonds is 8. The summed E-state index contributed by atoms with van der Waals surface area (Å²) in [4.78, 5) is 24.9. The summed E-state index contributed by atoms with van der Waals surface area (Å²) in [5.41, 5.74) is -0.265. The van der Waals surface area contributed by atoms with Crippen molar-refractivity contribution in [2.24, 2.45) is 0 Å². The lowest BCUT2D eigenvalue weighted by Gasteiger charge is -2.38. The molecule has 0 aromatic heterocycles. The zero-order valence-electron chi connectivity index (χ0n) is 16.5. The highest BCUT2D eigenvalue weighted by Gasteiger charge is 2.32. The van der Waals surface area contributed by atoms with E-state index in [1.54, 1.807) is 0 Å². The molecule has 1 saturated heterocycles. The van der Waals surface area contributed by atoms with E-state index < -0.39 is 22.0 Å². The first-order chi connectivity index (χ1) is 14.3. The van der Waals surface area contributed by atoms with Gasteiger partial charge in [-0.3, -0.25) is 14.9 Å². The molecule has 1 aliphatic heterocycles. The van der Waals surface area contributed by atoms with Crippen LogP contribution in [0.4, 0.5) is 10.1 Å². The number of benzene rings is 2. The first-order valence-electron chi connectivity index (χ1n) is 9.92. The Morgan fingerprint density at radius 3 is 2.50 bits per heavy atom. The molecule has 0 radical (unpaired) electrons. The Balaban J connectivity index is 1.46. The molecule has 6 nitrogen and oxygen atoms in total. The summed E-state index contributed by atoms with van der Waals surface area (Å²) in [6.07, 6.45) is 2.53. The van der Waals surface area contributed by atoms with E-state index in [9.17, 15) is 24.4 Å². The van der Waals surface area contributed by atoms with Gasteiger partial charge in [0.25, 0.3) is 5.69 Å². The van der Waals surface area contributed by atoms with E-state index in [0.717, 1.165) is 30.8 Å². The van der Waals surface area contributed by atoms with Gasteiger partial charge in [0.1, 0.15) is 5.82 Å². The van der Waals surface area contributed by atoms with Crippen molar-refractivity contribution in [2.45, 2.75) is 37.7 Å². The van der Waals surface area contributed by atoms with Crippen molar-refractivity contribution >= 4 is 23.1 Å². The normalized spacial score (nSPS) is 16.4. The zero-order valence-corrected chi connectivity index (χ0v) is 17.3. The number of Topliss-reactive ketones (excluding diaryl/α,β-unsaturated/α-hetero) is 1. The van der Waals surface area contributed by atoms with E-state index in [1.165, 1.54) is 6.07 Å². The van der Waals surface area contributed by atoms with Crippen LogP contribution >= 0.6 is 11.6 Å². The van der Waals surface area contributed by atoms with Crippen molar-refractivity contribution in [1.29, 1.82) is 0 Å². The fourth-order valence-electron chi connectivity index (χ4n) is 3.84. The van der Waals surface area contributed by atoms with Crippen LogP contribution in [-0.4, -0.2) is 45.9 Å². The van der Waals surface area contributed by atoms with Gasteiger partial charge in [-0.2, -0.15) is 0 Å². The SMILES string of the molecule is O=C(CCCN1CCC(O)(Cc2ccc(Cl)cc2)CC1)c1ccc(F)cc1[N+](=O)[O-]. The summed E-state index contributed by atoms with van der Waals surface area (Å²) in [6, 6.07) is 10.5. The molecule has 160 valence electrons. The van der Waals surface area contributed by atoms with E-state index in [0.29, 0.717) is 37.3 Å². The number of ketones is 1. The minimum Gasteiger partial charge on any atom is -0.389 e. The average molecular weight is 435 g/mol. The molecule has 1 fully saturated rings. The smallest absolute Gasteiger partial charge is 0.283 e. The number of nitro groups is 1. The Kier molecular flexibility index (Phi) is 7.18. The molecule has 8 heteroatoms. The van der Waals surface area contributed by atoms with Gasteiger partial charge in [-0.15, -0.1) is 0 Å². The number of likely N-dealkylation sites (tertiary alicyclic amines) is 1. The van der Waals surface area contributed by atoms with Crippen LogP contribution in [0.2, 0.25) is 5.02 Å². The quantitative estimate of drug-likeness (QED) is 0.377. The van der Waals surface area contributed by atoms with Crippen LogP contribution in [0, 0.1) is 15.9 Å². The minimum absolute atomic E-state index is 0.0580. The molecular weight excluding hydrogens is 411 g/mol. The molecule has 0 atom stereocenters. The van der Waals surface area contributed by atoms with E-state index in [-0.39, 0.29) is 17.8 Å². The first kappa shape index (κ1) is 22.3. The Hall–Kier alpha value is -2.35. The molecule has 1 N–H and O–H groups in total. The topological polar surface area (TPSA) is 83.7 Å². The van der Waals surface area contributed by atoms with Gasteiger partial charge in [0.2, 0.25) is 0 Å². The summed E-state index contributed by atoms with van der Waals surface area (Å²) >= 11 is 5.91. The third kappa shape index (κ3) is 5.84. The molecule has 0 saturated carbocycles. The van der Waals surface area contributed by atoms with E-state index in [4.69, 9.17) is 11.6 Å². The highest BCUT2D eigenvalue weighted by Crippen LogP contribution is 2.27. The van der Waals surface area contributed by atoms with Crippen LogP contribution in [-0.2, 0) is 6.42 Å². The number of carbonyl (C=O) groups is 1. The molecule has 1 aliphatic rings. The summed E-state index contributed by atoms with van der Waals surface area (Å²) in [5, 5.41) is 22.6. The highest BCUT2D eigenvalue weighted by molar-refractivity contribution is 6.30. The van der Waals surface area contributed by atoms with Gasteiger partial charge in [0.15, 0.2) is 5.78 Å². The van der Waals surface area contributed by atoms with E-state index >= 15 is 0 Å². The van der Waals surface area contributed by atoms with Crippen LogP contribution in [0.15, 0.2) is 42.5 Å². The van der Waals surface area contributed by atoms with Gasteiger partial charge < -0.3 is 10.0 Å². The molecule has 0 unspecified atom stereocenters. The van der Waals surface area contributed by atoms with Gasteiger partial charge in [0.05, 0.1) is 22.2 Å². The monoisotopic (exact) mass is 434 g/mol. The average Bonchev–Trinajstić information content (AvgIpc) is 2.71. The predicted octanol–water partition coefficient (Wildman–Crippen LogP) is 4.42. The summed E-state index contributed by atoms with van der Waals surface area (Å²) < 4.78 is 13.2. The lowest BCUT2D eigenvalue weighted by Crippen LogP contribution is -2.45. The summed E-state index contributed by atoms with van der Waals surface area (Å²) in [6.45, 7) is 2.10. The van der Waals surface area contributed by atoms with Gasteiger partial charge in [-0.05, 0) is 55.6 Å². The molecule has 0 aliphatic carbocycles. The van der Waals surface area contributed by atoms with Gasteiger partial charge >= 0.3 is 0 Å². The maximum absolute atomic E-state index is 13.2. The van der Waals surface area contributed by atoms with Crippen molar-refractivity contribution < 1.29 is 19.2 Å². The molecule has 3 rings (SSSR count). The van der Waals surface area contributed by atoms with Crippen LogP contribution in [0.5, 0.6) is 0 Å². The maximum Gasteiger partial charge on any atom is 0.283 e. The predicted molar refractivity (Wildman–Crippen MR) is 112 cm³/mol. The van der Waals surface area contributed by atoms with Gasteiger partial charge in [0, 0.05) is 31.0 Å². The number of hydrogen-bond donors (Lipinski definition) is 1. The minimum atomic E-state index is -0.755. The number of nitrogens with zero attached hydrogens (tertiary/aromatic N) is 2. The van der Waals surface area contributed by atoms with Gasteiger partial charge in [-0.25, -0.2) is 4.39 Å². The van der Waals surface area contributed by atoms with Crippen molar-refractivity contribution in [2.75, 3.05) is 19.6 Å². The number of hydrogen-bond acceptors (Lipinski definition) is 5. The Bertz CT molecular complexity index is 912. The second-order valence-electron chi connectivity index (χ2n) is 7.81. The van der Waals surface area contributed by atoms with Crippen molar-refractivity contribution in [3.8, 4) is 0 Å². The number of halogens is 2. The molecule has 0 spiro atoms. The number of piperidine rings is 1. The second kappa shape index (κ2) is 9.64. The fraction of sp³-hybridized carbons (Fsp3) is 0.409. The van der Waals surface area contributed by atoms with E-state index in [1.807, 2.05) is 24.3 Å². The Morgan fingerprint density at radius 1 is 1.20 bits per heavy atom. The van der Waals surface area contributed by atoms with Crippen LogP contribution < -0.4 is 0 Å². The third-order valence-corrected chi connectivity index (χ3v) is 5.82. The fourth-order valence-corrected chi connectivity index (χ4v) is 3.97. The Labute approximate surface area is 179 Å². The first-order valence-corrected chi connectivity index (χ1v) is 10.3. The lowest BCUT2D eigenvalue weighted by atomic mass is 9.85. The summed E-state index contributed by atoms with van der Waals surface area (Å²) in [5.74, 6) is -1.10. The number of carbonyl (C=O) groups excluding carboxylic acids is 1. The molecular formula is C22H24ClFN2O4. The zero-order chi connectivity index (χ0) is 21.7. The lowest BCUT2D eigenvalue weighted by molar-refractivity contribution is -0.385. The summed E-state index contributed by atoms with van der Waals surface area (Å²) in [7, 11) is 0. The second-order valence-corrected chi connectivity index (χ2v) is 8.25. The number of nitro benzene ring substituents is 1. The van der Waals surface area contributed by atoms with Crippen LogP contribution in [0.3, 0.4) is 0 Å². The standard InChI is InChI=1S/C22H24ClFN2O4/c23-17-5-3-16(4-6-17)15-22(28)9-12-25(13-10-22)11-1-2-21(27)19-8-7-18(24)14-20(19)26(29)30/h3-8,14,28H,1-2,9-13,15H2. The number of aliphatic hydroxyl groups is 1. The highest BCUT2D eigenvalue weighted by atomic mass is 35.5. The molecule has 2 aromatic carbocycles. The largest absolute Gasteiger partial charge is 0.389 e. The van der Waals surface area contributed by atoms with Crippen molar-refractivity contribution in [1.82, 2.24) is 4.90 Å². The van der Waals surface area contributed by atoms with Crippen molar-refractivity contribution in [3.63, 3.8) is 0 Å². The van der Waals surface area contributed by atoms with Crippen LogP contribution in [0.1, 0.15) is 41.6 Å². The third-order valence-electron chi connectivity index (χ3n) is 5.57. The Morgan fingerprint density at radius 2 is 1.87 bits per heavy atom. The molecule has 30 heavy (non-hydrogen) atoms. The van der Waals surface area contributed by atoms with E-state index in [2.05, 4.69) is 4.90 Å². The van der Waals surface area contributed by atoms with Crippen LogP contribution in [0.25, 0.3) is 0 Å². The maximum atomic E-state index is 13.2. The molecule has 2 aromatic rings. The van der Waals surface area contributed by atoms with Gasteiger partial charge in [-0.1, -0.05) is 23.7 Å². The molecule has 0 amide bonds. The molecule has 1 heterocycles.